The van der Waals surface area contributed by atoms with E-state index in [0.717, 1.165) is 32.0 Å². The molecule has 0 heterocycles. The summed E-state index contributed by atoms with van der Waals surface area (Å²) in [6, 6.07) is 0.259. The van der Waals surface area contributed by atoms with Crippen LogP contribution in [0.4, 0.5) is 0 Å². The molecule has 0 spiro atoms. The first-order valence-corrected chi connectivity index (χ1v) is 5.16. The van der Waals surface area contributed by atoms with Gasteiger partial charge in [0, 0.05) is 12.6 Å². The van der Waals surface area contributed by atoms with E-state index in [1.54, 1.807) is 0 Å². The molecule has 0 aromatic rings. The molecule has 0 radical (unpaired) electrons. The fourth-order valence-electron chi connectivity index (χ4n) is 1.35. The van der Waals surface area contributed by atoms with Crippen molar-refractivity contribution in [3.63, 3.8) is 0 Å². The van der Waals surface area contributed by atoms with Crippen LogP contribution in [-0.2, 0) is 4.74 Å². The molecule has 0 bridgehead atoms. The Balaban J connectivity index is 1.80. The molecule has 0 aliphatic heterocycles. The van der Waals surface area contributed by atoms with Gasteiger partial charge in [-0.3, -0.25) is 0 Å². The maximum absolute atomic E-state index is 5.79. The lowest BCUT2D eigenvalue weighted by Gasteiger charge is -2.10. The molecule has 1 fully saturated rings. The molecule has 0 amide bonds. The summed E-state index contributed by atoms with van der Waals surface area (Å²) in [6.07, 6.45) is 6.34. The van der Waals surface area contributed by atoms with Crippen LogP contribution >= 0.6 is 0 Å². The van der Waals surface area contributed by atoms with Crippen LogP contribution in [0.25, 0.3) is 0 Å². The van der Waals surface area contributed by atoms with Gasteiger partial charge in [-0.15, -0.1) is 0 Å². The summed E-state index contributed by atoms with van der Waals surface area (Å²) in [4.78, 5) is 0. The van der Waals surface area contributed by atoms with Crippen molar-refractivity contribution in [2.24, 2.45) is 11.7 Å². The second-order valence-corrected chi connectivity index (χ2v) is 3.86. The van der Waals surface area contributed by atoms with E-state index in [4.69, 9.17) is 10.5 Å². The fourth-order valence-corrected chi connectivity index (χ4v) is 1.35. The molecule has 1 rings (SSSR count). The zero-order valence-corrected chi connectivity index (χ0v) is 8.09. The van der Waals surface area contributed by atoms with E-state index in [1.807, 2.05) is 0 Å². The first-order valence-electron chi connectivity index (χ1n) is 5.16. The van der Waals surface area contributed by atoms with Crippen molar-refractivity contribution < 1.29 is 4.74 Å². The van der Waals surface area contributed by atoms with E-state index in [9.17, 15) is 0 Å². The van der Waals surface area contributed by atoms with Gasteiger partial charge in [-0.2, -0.15) is 0 Å². The van der Waals surface area contributed by atoms with Gasteiger partial charge in [-0.25, -0.2) is 0 Å². The van der Waals surface area contributed by atoms with Gasteiger partial charge in [0.2, 0.25) is 0 Å². The quantitative estimate of drug-likeness (QED) is 0.594. The third-order valence-electron chi connectivity index (χ3n) is 2.36. The van der Waals surface area contributed by atoms with Crippen molar-refractivity contribution >= 4 is 0 Å². The van der Waals surface area contributed by atoms with Gasteiger partial charge in [0.25, 0.3) is 0 Å². The van der Waals surface area contributed by atoms with Crippen LogP contribution in [0, 0.1) is 5.92 Å². The van der Waals surface area contributed by atoms with Crippen LogP contribution in [0.3, 0.4) is 0 Å². The summed E-state index contributed by atoms with van der Waals surface area (Å²) in [5.41, 5.74) is 5.79. The van der Waals surface area contributed by atoms with E-state index >= 15 is 0 Å². The zero-order chi connectivity index (χ0) is 8.81. The largest absolute Gasteiger partial charge is 0.380 e. The van der Waals surface area contributed by atoms with Crippen molar-refractivity contribution in [1.29, 1.82) is 0 Å². The number of hydrogen-bond acceptors (Lipinski definition) is 2. The van der Waals surface area contributed by atoms with Crippen molar-refractivity contribution in [3.05, 3.63) is 0 Å². The van der Waals surface area contributed by atoms with Gasteiger partial charge < -0.3 is 10.5 Å². The van der Waals surface area contributed by atoms with Crippen LogP contribution in [0.5, 0.6) is 0 Å². The monoisotopic (exact) mass is 171 g/mol. The smallest absolute Gasteiger partial charge is 0.0617 e. The van der Waals surface area contributed by atoms with E-state index in [2.05, 4.69) is 6.92 Å². The van der Waals surface area contributed by atoms with E-state index in [0.29, 0.717) is 0 Å². The van der Waals surface area contributed by atoms with Gasteiger partial charge in [-0.1, -0.05) is 26.2 Å². The Morgan fingerprint density at radius 2 is 2.25 bits per heavy atom. The Kier molecular flexibility index (Phi) is 4.62. The predicted octanol–water partition coefficient (Wildman–Crippen LogP) is 1.93. The molecule has 1 unspecified atom stereocenters. The molecule has 12 heavy (non-hydrogen) atoms. The molecular weight excluding hydrogens is 150 g/mol. The van der Waals surface area contributed by atoms with Gasteiger partial charge >= 0.3 is 0 Å². The van der Waals surface area contributed by atoms with Crippen molar-refractivity contribution in [3.8, 4) is 0 Å². The van der Waals surface area contributed by atoms with E-state index in [-0.39, 0.29) is 6.04 Å². The maximum atomic E-state index is 5.79. The van der Waals surface area contributed by atoms with Crippen LogP contribution in [0.1, 0.15) is 39.0 Å². The molecule has 1 saturated carbocycles. The van der Waals surface area contributed by atoms with Crippen LogP contribution in [0.15, 0.2) is 0 Å². The lowest BCUT2D eigenvalue weighted by atomic mass is 10.2. The van der Waals surface area contributed by atoms with Crippen molar-refractivity contribution in [2.45, 2.75) is 45.1 Å². The molecule has 0 saturated heterocycles. The van der Waals surface area contributed by atoms with Crippen LogP contribution in [0.2, 0.25) is 0 Å². The minimum atomic E-state index is 0.259. The molecule has 1 aliphatic carbocycles. The lowest BCUT2D eigenvalue weighted by Crippen LogP contribution is -2.26. The highest BCUT2D eigenvalue weighted by Crippen LogP contribution is 2.32. The summed E-state index contributed by atoms with van der Waals surface area (Å²) in [7, 11) is 0. The molecule has 1 aliphatic rings. The Labute approximate surface area is 75.5 Å². The summed E-state index contributed by atoms with van der Waals surface area (Å²) >= 11 is 0. The summed E-state index contributed by atoms with van der Waals surface area (Å²) < 4.78 is 5.47. The number of hydrogen-bond donors (Lipinski definition) is 1. The first-order chi connectivity index (χ1) is 5.83. The normalized spacial score (nSPS) is 19.5. The third-order valence-corrected chi connectivity index (χ3v) is 2.36. The first kappa shape index (κ1) is 10.0. The molecule has 0 aromatic heterocycles. The van der Waals surface area contributed by atoms with Gasteiger partial charge in [-0.05, 0) is 18.8 Å². The standard InChI is InChI=1S/C10H21NO/c1-2-3-10(11)8-12-7-6-9-4-5-9/h9-10H,2-8,11H2,1H3. The fraction of sp³-hybridized carbons (Fsp3) is 1.00. The molecule has 1 atom stereocenters. The second kappa shape index (κ2) is 5.55. The summed E-state index contributed by atoms with van der Waals surface area (Å²) in [6.45, 7) is 3.83. The highest BCUT2D eigenvalue weighted by atomic mass is 16.5. The third kappa shape index (κ3) is 4.73. The highest BCUT2D eigenvalue weighted by Gasteiger charge is 2.20. The van der Waals surface area contributed by atoms with Crippen LogP contribution < -0.4 is 5.73 Å². The van der Waals surface area contributed by atoms with Gasteiger partial charge in [0.15, 0.2) is 0 Å². The number of nitrogens with two attached hydrogens (primary N) is 1. The Morgan fingerprint density at radius 3 is 2.83 bits per heavy atom. The number of ether oxygens (including phenoxy) is 1. The SMILES string of the molecule is CCCC(N)COCCC1CC1. The van der Waals surface area contributed by atoms with Gasteiger partial charge in [0.1, 0.15) is 0 Å². The highest BCUT2D eigenvalue weighted by molar-refractivity contribution is 4.72. The zero-order valence-electron chi connectivity index (χ0n) is 8.09. The second-order valence-electron chi connectivity index (χ2n) is 3.86. The molecule has 2 nitrogen and oxygen atoms in total. The number of rotatable bonds is 7. The molecular formula is C10H21NO. The summed E-state index contributed by atoms with van der Waals surface area (Å²) in [5.74, 6) is 0.979. The van der Waals surface area contributed by atoms with Crippen molar-refractivity contribution in [2.75, 3.05) is 13.2 Å². The van der Waals surface area contributed by atoms with Crippen molar-refractivity contribution in [1.82, 2.24) is 0 Å². The average Bonchev–Trinajstić information content (AvgIpc) is 2.82. The Bertz CT molecular complexity index is 112. The van der Waals surface area contributed by atoms with Gasteiger partial charge in [0.05, 0.1) is 6.61 Å². The predicted molar refractivity (Wildman–Crippen MR) is 51.0 cm³/mol. The molecule has 0 aromatic carbocycles. The van der Waals surface area contributed by atoms with E-state index in [1.165, 1.54) is 19.3 Å². The Hall–Kier alpha value is -0.0800. The minimum Gasteiger partial charge on any atom is -0.380 e. The van der Waals surface area contributed by atoms with Crippen LogP contribution in [-0.4, -0.2) is 19.3 Å². The average molecular weight is 171 g/mol. The molecule has 2 N–H and O–H groups in total. The minimum absolute atomic E-state index is 0.259. The molecule has 2 heteroatoms. The maximum Gasteiger partial charge on any atom is 0.0617 e. The topological polar surface area (TPSA) is 35.2 Å². The lowest BCUT2D eigenvalue weighted by molar-refractivity contribution is 0.113. The Morgan fingerprint density at radius 1 is 1.50 bits per heavy atom. The molecule has 72 valence electrons. The summed E-state index contributed by atoms with van der Waals surface area (Å²) in [5, 5.41) is 0. The van der Waals surface area contributed by atoms with E-state index < -0.39 is 0 Å².